The van der Waals surface area contributed by atoms with Crippen molar-refractivity contribution in [3.05, 3.63) is 24.4 Å². The molecule has 1 aliphatic heterocycles. The summed E-state index contributed by atoms with van der Waals surface area (Å²) in [5.41, 5.74) is 0.702. The molecule has 9 heteroatoms. The lowest BCUT2D eigenvalue weighted by molar-refractivity contribution is -0.123. The van der Waals surface area contributed by atoms with Gasteiger partial charge < -0.3 is 10.2 Å². The Kier molecular flexibility index (Phi) is 3.73. The number of nitrogens with zero attached hydrogens (tertiary/aromatic N) is 4. The first-order valence-electron chi connectivity index (χ1n) is 6.30. The van der Waals surface area contributed by atoms with Crippen LogP contribution in [-0.2, 0) is 4.79 Å². The van der Waals surface area contributed by atoms with Crippen molar-refractivity contribution in [2.75, 3.05) is 25.0 Å². The van der Waals surface area contributed by atoms with E-state index in [0.29, 0.717) is 28.9 Å². The summed E-state index contributed by atoms with van der Waals surface area (Å²) >= 11 is 1.24. The maximum Gasteiger partial charge on any atom is 0.324 e. The average Bonchev–Trinajstić information content (AvgIpc) is 2.97. The maximum atomic E-state index is 12.0. The lowest BCUT2D eigenvalue weighted by Gasteiger charge is -2.26. The average molecular weight is 304 g/mol. The fraction of sp³-hybridized carbons (Fsp3) is 0.250. The van der Waals surface area contributed by atoms with Crippen molar-refractivity contribution in [2.24, 2.45) is 0 Å². The highest BCUT2D eigenvalue weighted by Crippen LogP contribution is 2.24. The molecule has 0 bridgehead atoms. The molecule has 0 aromatic carbocycles. The predicted molar refractivity (Wildman–Crippen MR) is 76.7 cm³/mol. The van der Waals surface area contributed by atoms with E-state index in [-0.39, 0.29) is 18.5 Å². The minimum atomic E-state index is -0.353. The highest BCUT2D eigenvalue weighted by molar-refractivity contribution is 7.18. The molecule has 1 fully saturated rings. The summed E-state index contributed by atoms with van der Waals surface area (Å²) in [5.74, 6) is -0.164. The van der Waals surface area contributed by atoms with E-state index in [1.807, 2.05) is 18.2 Å². The van der Waals surface area contributed by atoms with Gasteiger partial charge in [-0.15, -0.1) is 10.2 Å². The van der Waals surface area contributed by atoms with E-state index < -0.39 is 0 Å². The van der Waals surface area contributed by atoms with Crippen LogP contribution in [-0.4, -0.2) is 51.7 Å². The summed E-state index contributed by atoms with van der Waals surface area (Å²) in [6, 6.07) is 5.14. The summed E-state index contributed by atoms with van der Waals surface area (Å²) in [6.45, 7) is 0.989. The minimum absolute atomic E-state index is 0.0533. The van der Waals surface area contributed by atoms with Gasteiger partial charge in [0.1, 0.15) is 12.2 Å². The van der Waals surface area contributed by atoms with Crippen molar-refractivity contribution < 1.29 is 9.59 Å². The number of amides is 3. The van der Waals surface area contributed by atoms with Crippen LogP contribution in [0.1, 0.15) is 0 Å². The van der Waals surface area contributed by atoms with Crippen LogP contribution in [0.15, 0.2) is 24.4 Å². The van der Waals surface area contributed by atoms with Crippen molar-refractivity contribution in [1.82, 2.24) is 25.4 Å². The molecule has 2 aromatic rings. The lowest BCUT2D eigenvalue weighted by Crippen LogP contribution is -2.51. The number of urea groups is 1. The Hall–Kier alpha value is -2.55. The van der Waals surface area contributed by atoms with E-state index in [2.05, 4.69) is 25.8 Å². The van der Waals surface area contributed by atoms with E-state index in [1.165, 1.54) is 16.2 Å². The number of piperazine rings is 1. The van der Waals surface area contributed by atoms with E-state index in [9.17, 15) is 9.59 Å². The fourth-order valence-corrected chi connectivity index (χ4v) is 2.56. The van der Waals surface area contributed by atoms with Crippen LogP contribution >= 0.6 is 11.3 Å². The zero-order valence-electron chi connectivity index (χ0n) is 10.9. The van der Waals surface area contributed by atoms with Crippen LogP contribution < -0.4 is 10.6 Å². The zero-order chi connectivity index (χ0) is 14.7. The van der Waals surface area contributed by atoms with Gasteiger partial charge in [0.15, 0.2) is 5.01 Å². The van der Waals surface area contributed by atoms with Gasteiger partial charge in [-0.3, -0.25) is 15.1 Å². The second-order valence-electron chi connectivity index (χ2n) is 4.33. The molecule has 108 valence electrons. The van der Waals surface area contributed by atoms with E-state index in [1.54, 1.807) is 6.20 Å². The van der Waals surface area contributed by atoms with Gasteiger partial charge in [0.05, 0.1) is 0 Å². The van der Waals surface area contributed by atoms with Gasteiger partial charge in [0.25, 0.3) is 0 Å². The Labute approximate surface area is 124 Å². The molecule has 3 rings (SSSR count). The third kappa shape index (κ3) is 3.14. The van der Waals surface area contributed by atoms with Crippen LogP contribution in [0.5, 0.6) is 0 Å². The molecule has 0 aliphatic carbocycles. The van der Waals surface area contributed by atoms with Gasteiger partial charge in [0.2, 0.25) is 11.0 Å². The molecule has 1 aliphatic rings. The Morgan fingerprint density at radius 3 is 3.05 bits per heavy atom. The molecule has 3 amide bonds. The van der Waals surface area contributed by atoms with E-state index >= 15 is 0 Å². The molecular formula is C12H12N6O2S. The smallest absolute Gasteiger partial charge is 0.324 e. The molecular weight excluding hydrogens is 292 g/mol. The Balaban J connectivity index is 1.67. The van der Waals surface area contributed by atoms with Crippen LogP contribution in [0, 0.1) is 0 Å². The molecule has 3 heterocycles. The summed E-state index contributed by atoms with van der Waals surface area (Å²) in [5, 5.41) is 14.2. The molecule has 0 atom stereocenters. The summed E-state index contributed by atoms with van der Waals surface area (Å²) < 4.78 is 0. The van der Waals surface area contributed by atoms with Gasteiger partial charge in [-0.1, -0.05) is 17.4 Å². The lowest BCUT2D eigenvalue weighted by atomic mass is 10.4. The van der Waals surface area contributed by atoms with Gasteiger partial charge in [-0.05, 0) is 12.1 Å². The normalized spacial score (nSPS) is 14.7. The number of pyridine rings is 1. The molecule has 2 aromatic heterocycles. The summed E-state index contributed by atoms with van der Waals surface area (Å²) in [4.78, 5) is 28.9. The molecule has 0 radical (unpaired) electrons. The minimum Gasteiger partial charge on any atom is -0.353 e. The number of aromatic nitrogens is 3. The van der Waals surface area contributed by atoms with Crippen LogP contribution in [0.4, 0.5) is 9.93 Å². The Morgan fingerprint density at radius 2 is 2.29 bits per heavy atom. The number of rotatable bonds is 2. The third-order valence-corrected chi connectivity index (χ3v) is 3.71. The van der Waals surface area contributed by atoms with Gasteiger partial charge in [0, 0.05) is 19.3 Å². The van der Waals surface area contributed by atoms with Crippen LogP contribution in [0.25, 0.3) is 10.7 Å². The number of carbonyl (C=O) groups excluding carboxylic acids is 2. The molecule has 0 unspecified atom stereocenters. The van der Waals surface area contributed by atoms with Crippen molar-refractivity contribution in [3.8, 4) is 10.7 Å². The number of anilines is 1. The standard InChI is InChI=1S/C12H12N6O2S/c19-9-7-18(6-5-14-9)12(20)15-11-17-16-10(21-11)8-3-1-2-4-13-8/h1-4H,5-7H2,(H,14,19)(H,15,17,20). The predicted octanol–water partition coefficient (Wildman–Crippen LogP) is 0.564. The molecule has 21 heavy (non-hydrogen) atoms. The highest BCUT2D eigenvalue weighted by atomic mass is 32.1. The quantitative estimate of drug-likeness (QED) is 0.844. The fourth-order valence-electron chi connectivity index (χ4n) is 1.85. The van der Waals surface area contributed by atoms with Crippen molar-refractivity contribution in [2.45, 2.75) is 0 Å². The van der Waals surface area contributed by atoms with E-state index in [0.717, 1.165) is 0 Å². The second kappa shape index (κ2) is 5.83. The van der Waals surface area contributed by atoms with Crippen LogP contribution in [0.2, 0.25) is 0 Å². The van der Waals surface area contributed by atoms with Crippen LogP contribution in [0.3, 0.4) is 0 Å². The topological polar surface area (TPSA) is 100 Å². The first kappa shape index (κ1) is 13.4. The maximum absolute atomic E-state index is 12.0. The molecule has 2 N–H and O–H groups in total. The summed E-state index contributed by atoms with van der Waals surface area (Å²) in [6.07, 6.45) is 1.67. The second-order valence-corrected chi connectivity index (χ2v) is 5.31. The van der Waals surface area contributed by atoms with Crippen molar-refractivity contribution in [3.63, 3.8) is 0 Å². The Bertz CT molecular complexity index is 659. The number of carbonyl (C=O) groups is 2. The number of hydrogen-bond donors (Lipinski definition) is 2. The first-order valence-corrected chi connectivity index (χ1v) is 7.11. The van der Waals surface area contributed by atoms with Gasteiger partial charge in [-0.2, -0.15) is 0 Å². The zero-order valence-corrected chi connectivity index (χ0v) is 11.8. The molecule has 1 saturated heterocycles. The van der Waals surface area contributed by atoms with Gasteiger partial charge in [-0.25, -0.2) is 4.79 Å². The van der Waals surface area contributed by atoms with E-state index in [4.69, 9.17) is 0 Å². The van der Waals surface area contributed by atoms with Crippen molar-refractivity contribution in [1.29, 1.82) is 0 Å². The Morgan fingerprint density at radius 1 is 1.38 bits per heavy atom. The number of nitrogens with one attached hydrogen (secondary N) is 2. The molecule has 8 nitrogen and oxygen atoms in total. The monoisotopic (exact) mass is 304 g/mol. The largest absolute Gasteiger partial charge is 0.353 e. The summed E-state index contributed by atoms with van der Waals surface area (Å²) in [7, 11) is 0. The number of hydrogen-bond acceptors (Lipinski definition) is 6. The molecule has 0 spiro atoms. The highest BCUT2D eigenvalue weighted by Gasteiger charge is 2.22. The van der Waals surface area contributed by atoms with Gasteiger partial charge >= 0.3 is 6.03 Å². The SMILES string of the molecule is O=C1CN(C(=O)Nc2nnc(-c3ccccn3)s2)CCN1. The third-order valence-electron chi connectivity index (χ3n) is 2.85. The van der Waals surface area contributed by atoms with Crippen molar-refractivity contribution >= 4 is 28.4 Å². The molecule has 0 saturated carbocycles. The first-order chi connectivity index (χ1) is 10.2.